The van der Waals surface area contributed by atoms with Gasteiger partial charge in [0.2, 0.25) is 17.7 Å². The van der Waals surface area contributed by atoms with Crippen LogP contribution in [0.3, 0.4) is 0 Å². The molecule has 2 aromatic carbocycles. The summed E-state index contributed by atoms with van der Waals surface area (Å²) in [6, 6.07) is 15.0. The van der Waals surface area contributed by atoms with Crippen LogP contribution in [0, 0.1) is 22.0 Å². The van der Waals surface area contributed by atoms with E-state index in [-0.39, 0.29) is 43.1 Å². The summed E-state index contributed by atoms with van der Waals surface area (Å²) >= 11 is 1.38. The summed E-state index contributed by atoms with van der Waals surface area (Å²) in [4.78, 5) is 47.8. The normalized spacial score (nSPS) is 12.7. The Morgan fingerprint density at radius 3 is 2.12 bits per heavy atom. The van der Waals surface area contributed by atoms with E-state index in [2.05, 4.69) is 16.0 Å². The van der Waals surface area contributed by atoms with Gasteiger partial charge in [0.1, 0.15) is 0 Å². The first kappa shape index (κ1) is 32.7. The Morgan fingerprint density at radius 2 is 1.55 bits per heavy atom. The number of carbonyl (C=O) groups is 3. The highest BCUT2D eigenvalue weighted by Gasteiger charge is 2.25. The average Bonchev–Trinajstić information content (AvgIpc) is 2.90. The van der Waals surface area contributed by atoms with Gasteiger partial charge >= 0.3 is 0 Å². The lowest BCUT2D eigenvalue weighted by atomic mass is 10.0. The van der Waals surface area contributed by atoms with E-state index < -0.39 is 28.9 Å². The van der Waals surface area contributed by atoms with Gasteiger partial charge in [0, 0.05) is 36.0 Å². The molecule has 218 valence electrons. The fourth-order valence-corrected chi connectivity index (χ4v) is 4.85. The maximum atomic E-state index is 12.7. The van der Waals surface area contributed by atoms with Gasteiger partial charge in [-0.15, -0.1) is 0 Å². The van der Waals surface area contributed by atoms with E-state index in [4.69, 9.17) is 0 Å². The number of nitrogens with one attached hydrogen (secondary N) is 3. The van der Waals surface area contributed by atoms with Crippen molar-refractivity contribution in [3.05, 3.63) is 70.3 Å². The molecular weight excluding hydrogens is 534 g/mol. The third-order valence-electron chi connectivity index (χ3n) is 5.74. The van der Waals surface area contributed by atoms with Gasteiger partial charge in [-0.25, -0.2) is 4.31 Å². The summed E-state index contributed by atoms with van der Waals surface area (Å²) in [7, 11) is 0. The molecule has 0 heterocycles. The second-order valence-electron chi connectivity index (χ2n) is 10.2. The summed E-state index contributed by atoms with van der Waals surface area (Å²) < 4.78 is 1.97. The number of carbonyl (C=O) groups excluding carboxylic acids is 3. The van der Waals surface area contributed by atoms with E-state index in [1.807, 2.05) is 48.5 Å². The summed E-state index contributed by atoms with van der Waals surface area (Å²) in [5.74, 6) is -1.21. The molecule has 0 radical (unpaired) electrons. The van der Waals surface area contributed by atoms with Gasteiger partial charge in [0.15, 0.2) is 0 Å². The second kappa shape index (κ2) is 16.6. The molecule has 0 saturated heterocycles. The molecule has 0 spiro atoms. The first-order chi connectivity index (χ1) is 18.9. The molecule has 40 heavy (non-hydrogen) atoms. The molecule has 2 atom stereocenters. The number of benzene rings is 2. The van der Waals surface area contributed by atoms with E-state index in [0.29, 0.717) is 13.0 Å². The Bertz CT molecular complexity index is 1110. The van der Waals surface area contributed by atoms with E-state index in [0.717, 1.165) is 10.5 Å². The van der Waals surface area contributed by atoms with Crippen molar-refractivity contribution in [3.8, 4) is 0 Å². The lowest BCUT2D eigenvalue weighted by Crippen LogP contribution is -2.51. The Hall–Kier alpha value is -3.48. The molecule has 12 heteroatoms. The third kappa shape index (κ3) is 12.1. The Kier molecular flexibility index (Phi) is 13.6. The monoisotopic (exact) mass is 573 g/mol. The van der Waals surface area contributed by atoms with Crippen molar-refractivity contribution >= 4 is 35.4 Å². The number of nitro groups is 1. The topological polar surface area (TPSA) is 154 Å². The molecular formula is C28H39N5O6S. The molecule has 0 saturated carbocycles. The molecule has 0 aliphatic rings. The third-order valence-corrected chi connectivity index (χ3v) is 6.78. The smallest absolute Gasteiger partial charge is 0.269 e. The molecule has 4 N–H and O–H groups in total. The Balaban J connectivity index is 2.07. The standard InChI is InChI=1S/C28H39N5O6S/c1-19(2)17-32(40-23-12-10-22(11-13-23)33(38)39)18-25(34)24(14-21-8-6-5-7-9-21)31-27(36)16-29-26(35)15-30-28(37)20(3)4/h5-13,19-20,24-25,34H,14-18H2,1-4H3,(H,29,35)(H,30,37)(H,31,36). The number of hydrogen-bond donors (Lipinski definition) is 4. The van der Waals surface area contributed by atoms with Gasteiger partial charge in [-0.2, -0.15) is 0 Å². The number of amides is 3. The molecule has 0 fully saturated rings. The minimum absolute atomic E-state index is 0.000162. The lowest BCUT2D eigenvalue weighted by molar-refractivity contribution is -0.384. The SMILES string of the molecule is CC(C)CN(CC(O)C(Cc1ccccc1)NC(=O)CNC(=O)CNC(=O)C(C)C)Sc1ccc([N+](=O)[O-])cc1. The van der Waals surface area contributed by atoms with Gasteiger partial charge in [0.05, 0.1) is 30.2 Å². The fourth-order valence-electron chi connectivity index (χ4n) is 3.69. The summed E-state index contributed by atoms with van der Waals surface area (Å²) in [6.07, 6.45) is -0.599. The molecule has 2 rings (SSSR count). The van der Waals surface area contributed by atoms with E-state index in [1.54, 1.807) is 26.0 Å². The van der Waals surface area contributed by atoms with Crippen LogP contribution in [0.2, 0.25) is 0 Å². The zero-order valence-corrected chi connectivity index (χ0v) is 24.1. The number of nitro benzene ring substituents is 1. The quantitative estimate of drug-likeness (QED) is 0.136. The number of non-ortho nitro benzene ring substituents is 1. The predicted octanol–water partition coefficient (Wildman–Crippen LogP) is 2.54. The van der Waals surface area contributed by atoms with Crippen molar-refractivity contribution in [2.75, 3.05) is 26.2 Å². The van der Waals surface area contributed by atoms with E-state index in [1.165, 1.54) is 24.1 Å². The van der Waals surface area contributed by atoms with Gasteiger partial charge in [-0.1, -0.05) is 58.0 Å². The maximum absolute atomic E-state index is 12.7. The molecule has 11 nitrogen and oxygen atoms in total. The van der Waals surface area contributed by atoms with Crippen molar-refractivity contribution in [1.82, 2.24) is 20.3 Å². The number of hydrogen-bond acceptors (Lipinski definition) is 8. The summed E-state index contributed by atoms with van der Waals surface area (Å²) in [5.41, 5.74) is 0.922. The van der Waals surface area contributed by atoms with Crippen molar-refractivity contribution in [2.24, 2.45) is 11.8 Å². The highest BCUT2D eigenvalue weighted by Crippen LogP contribution is 2.26. The number of nitrogens with zero attached hydrogens (tertiary/aromatic N) is 2. The van der Waals surface area contributed by atoms with Crippen LogP contribution >= 0.6 is 11.9 Å². The molecule has 0 aliphatic heterocycles. The molecule has 2 unspecified atom stereocenters. The molecule has 3 amide bonds. The number of aliphatic hydroxyl groups excluding tert-OH is 1. The van der Waals surface area contributed by atoms with Crippen LogP contribution in [0.15, 0.2) is 59.5 Å². The zero-order chi connectivity index (χ0) is 29.7. The first-order valence-corrected chi connectivity index (χ1v) is 13.9. The molecule has 0 aromatic heterocycles. The maximum Gasteiger partial charge on any atom is 0.269 e. The minimum atomic E-state index is -0.963. The molecule has 0 bridgehead atoms. The summed E-state index contributed by atoms with van der Waals surface area (Å²) in [5, 5.41) is 30.1. The largest absolute Gasteiger partial charge is 0.390 e. The van der Waals surface area contributed by atoms with Crippen LogP contribution in [0.4, 0.5) is 5.69 Å². The van der Waals surface area contributed by atoms with Crippen LogP contribution in [0.1, 0.15) is 33.3 Å². The average molecular weight is 574 g/mol. The Labute approximate surface area is 239 Å². The van der Waals surface area contributed by atoms with Crippen molar-refractivity contribution in [2.45, 2.75) is 51.2 Å². The second-order valence-corrected chi connectivity index (χ2v) is 11.3. The van der Waals surface area contributed by atoms with Crippen LogP contribution in [-0.4, -0.2) is 70.4 Å². The Morgan fingerprint density at radius 1 is 0.925 bits per heavy atom. The van der Waals surface area contributed by atoms with Crippen LogP contribution in [0.5, 0.6) is 0 Å². The van der Waals surface area contributed by atoms with Crippen molar-refractivity contribution in [3.63, 3.8) is 0 Å². The van der Waals surface area contributed by atoms with Crippen LogP contribution < -0.4 is 16.0 Å². The fraction of sp³-hybridized carbons (Fsp3) is 0.464. The van der Waals surface area contributed by atoms with Crippen molar-refractivity contribution < 1.29 is 24.4 Å². The van der Waals surface area contributed by atoms with Gasteiger partial charge in [-0.3, -0.25) is 24.5 Å². The molecule has 2 aromatic rings. The number of aliphatic hydroxyl groups is 1. The predicted molar refractivity (Wildman–Crippen MR) is 154 cm³/mol. The highest BCUT2D eigenvalue weighted by atomic mass is 32.2. The summed E-state index contributed by atoms with van der Waals surface area (Å²) in [6.45, 7) is 7.83. The lowest BCUT2D eigenvalue weighted by Gasteiger charge is -2.30. The van der Waals surface area contributed by atoms with Crippen LogP contribution in [0.25, 0.3) is 0 Å². The number of rotatable bonds is 16. The van der Waals surface area contributed by atoms with E-state index >= 15 is 0 Å². The zero-order valence-electron chi connectivity index (χ0n) is 23.3. The first-order valence-electron chi connectivity index (χ1n) is 13.2. The van der Waals surface area contributed by atoms with Crippen molar-refractivity contribution in [1.29, 1.82) is 0 Å². The van der Waals surface area contributed by atoms with Crippen LogP contribution in [-0.2, 0) is 20.8 Å². The molecule has 0 aliphatic carbocycles. The minimum Gasteiger partial charge on any atom is -0.390 e. The van der Waals surface area contributed by atoms with Gasteiger partial charge in [-0.05, 0) is 42.0 Å². The van der Waals surface area contributed by atoms with Gasteiger partial charge in [0.25, 0.3) is 5.69 Å². The van der Waals surface area contributed by atoms with E-state index in [9.17, 15) is 29.6 Å². The van der Waals surface area contributed by atoms with Gasteiger partial charge < -0.3 is 21.1 Å². The highest BCUT2D eigenvalue weighted by molar-refractivity contribution is 7.97.